The highest BCUT2D eigenvalue weighted by atomic mass is 16.5. The van der Waals surface area contributed by atoms with Crippen molar-refractivity contribution in [3.63, 3.8) is 0 Å². The number of nitriles is 1. The van der Waals surface area contributed by atoms with E-state index in [0.717, 1.165) is 11.1 Å². The number of hydrogen-bond donors (Lipinski definition) is 1. The van der Waals surface area contributed by atoms with Gasteiger partial charge in [-0.05, 0) is 5.56 Å². The van der Waals surface area contributed by atoms with Gasteiger partial charge in [-0.1, -0.05) is 24.3 Å². The molecule has 1 aromatic rings. The first kappa shape index (κ1) is 10.2. The van der Waals surface area contributed by atoms with E-state index in [4.69, 9.17) is 15.7 Å². The maximum absolute atomic E-state index is 9.03. The number of fused-ring (bicyclic) bond motifs is 1. The summed E-state index contributed by atoms with van der Waals surface area (Å²) < 4.78 is 5.07. The van der Waals surface area contributed by atoms with Crippen LogP contribution in [0.2, 0.25) is 0 Å². The molecule has 0 aliphatic carbocycles. The van der Waals surface area contributed by atoms with Crippen LogP contribution in [-0.2, 0) is 11.2 Å². The van der Waals surface area contributed by atoms with E-state index in [1.165, 1.54) is 7.11 Å². The molecule has 1 aliphatic heterocycles. The Bertz CT molecular complexity index is 523. The fourth-order valence-corrected chi connectivity index (χ4v) is 1.68. The van der Waals surface area contributed by atoms with Gasteiger partial charge in [0, 0.05) is 12.0 Å². The normalized spacial score (nSPS) is 14.6. The first-order chi connectivity index (χ1) is 7.76. The number of benzene rings is 1. The van der Waals surface area contributed by atoms with Gasteiger partial charge in [-0.15, -0.1) is 0 Å². The van der Waals surface area contributed by atoms with Crippen LogP contribution in [0.1, 0.15) is 11.1 Å². The highest BCUT2D eigenvalue weighted by molar-refractivity contribution is 6.00. The van der Waals surface area contributed by atoms with Crippen LogP contribution < -0.4 is 5.73 Å². The van der Waals surface area contributed by atoms with Crippen LogP contribution in [0.5, 0.6) is 0 Å². The van der Waals surface area contributed by atoms with Crippen molar-refractivity contribution in [2.75, 3.05) is 7.11 Å². The maximum Gasteiger partial charge on any atom is 0.229 e. The third-order valence-electron chi connectivity index (χ3n) is 2.47. The van der Waals surface area contributed by atoms with Crippen LogP contribution in [0, 0.1) is 11.3 Å². The molecule has 0 saturated carbocycles. The monoisotopic (exact) mass is 213 g/mol. The first-order valence-corrected chi connectivity index (χ1v) is 4.86. The Morgan fingerprint density at radius 3 is 2.88 bits per heavy atom. The molecule has 0 bridgehead atoms. The third-order valence-corrected chi connectivity index (χ3v) is 2.47. The zero-order valence-corrected chi connectivity index (χ0v) is 8.90. The highest BCUT2D eigenvalue weighted by Gasteiger charge is 2.16. The molecule has 1 heterocycles. The molecule has 0 atom stereocenters. The van der Waals surface area contributed by atoms with Crippen molar-refractivity contribution in [1.82, 2.24) is 0 Å². The number of rotatable bonds is 1. The molecule has 16 heavy (non-hydrogen) atoms. The summed E-state index contributed by atoms with van der Waals surface area (Å²) in [7, 11) is 1.49. The summed E-state index contributed by atoms with van der Waals surface area (Å²) in [6, 6.07) is 9.74. The van der Waals surface area contributed by atoms with Gasteiger partial charge in [0.15, 0.2) is 0 Å². The van der Waals surface area contributed by atoms with E-state index in [1.54, 1.807) is 0 Å². The van der Waals surface area contributed by atoms with E-state index in [2.05, 4.69) is 11.1 Å². The lowest BCUT2D eigenvalue weighted by Gasteiger charge is -2.03. The second kappa shape index (κ2) is 4.07. The molecule has 0 unspecified atom stereocenters. The minimum absolute atomic E-state index is 0.302. The molecule has 2 rings (SSSR count). The van der Waals surface area contributed by atoms with Gasteiger partial charge < -0.3 is 10.5 Å². The maximum atomic E-state index is 9.03. The quantitative estimate of drug-likeness (QED) is 0.764. The summed E-state index contributed by atoms with van der Waals surface area (Å²) in [6.45, 7) is 0. The van der Waals surface area contributed by atoms with Gasteiger partial charge in [-0.3, -0.25) is 0 Å². The van der Waals surface area contributed by atoms with Crippen molar-refractivity contribution in [1.29, 1.82) is 5.26 Å². The lowest BCUT2D eigenvalue weighted by atomic mass is 10.0. The summed E-state index contributed by atoms with van der Waals surface area (Å²) >= 11 is 0. The predicted molar refractivity (Wildman–Crippen MR) is 60.5 cm³/mol. The molecule has 0 spiro atoms. The summed E-state index contributed by atoms with van der Waals surface area (Å²) in [6.07, 6.45) is 0.500. The molecule has 80 valence electrons. The average Bonchev–Trinajstić information content (AvgIpc) is 2.46. The highest BCUT2D eigenvalue weighted by Crippen LogP contribution is 2.21. The topological polar surface area (TPSA) is 71.4 Å². The number of ether oxygens (including phenoxy) is 1. The van der Waals surface area contributed by atoms with Gasteiger partial charge in [-0.2, -0.15) is 10.3 Å². The van der Waals surface area contributed by atoms with Gasteiger partial charge in [0.25, 0.3) is 0 Å². The Morgan fingerprint density at radius 2 is 2.19 bits per heavy atom. The Kier molecular flexibility index (Phi) is 2.61. The fourth-order valence-electron chi connectivity index (χ4n) is 1.68. The standard InChI is InChI=1S/C12H11N3O/c1-16-12-9(7-13)6-8-4-2-3-5-10(8)11(14)15-12/h2-5H,6H2,1H3,(H2,14,15). The molecule has 0 fully saturated rings. The lowest BCUT2D eigenvalue weighted by Crippen LogP contribution is -2.14. The van der Waals surface area contributed by atoms with E-state index in [0.29, 0.717) is 23.7 Å². The van der Waals surface area contributed by atoms with Crippen molar-refractivity contribution >= 4 is 5.84 Å². The largest absolute Gasteiger partial charge is 0.480 e. The number of aliphatic imine (C=N–C) groups is 1. The molecule has 4 heteroatoms. The summed E-state index contributed by atoms with van der Waals surface area (Å²) in [5.74, 6) is 0.689. The van der Waals surface area contributed by atoms with Gasteiger partial charge in [0.2, 0.25) is 5.88 Å². The van der Waals surface area contributed by atoms with Crippen LogP contribution in [0.3, 0.4) is 0 Å². The molecule has 4 nitrogen and oxygen atoms in total. The number of amidine groups is 1. The molecule has 0 saturated heterocycles. The summed E-state index contributed by atoms with van der Waals surface area (Å²) in [4.78, 5) is 4.12. The second-order valence-corrected chi connectivity index (χ2v) is 3.43. The molecule has 2 N–H and O–H groups in total. The van der Waals surface area contributed by atoms with Crippen molar-refractivity contribution in [2.45, 2.75) is 6.42 Å². The average molecular weight is 213 g/mol. The zero-order chi connectivity index (χ0) is 11.5. The van der Waals surface area contributed by atoms with Crippen LogP contribution in [-0.4, -0.2) is 12.9 Å². The van der Waals surface area contributed by atoms with Gasteiger partial charge >= 0.3 is 0 Å². The van der Waals surface area contributed by atoms with Crippen LogP contribution in [0.4, 0.5) is 0 Å². The Labute approximate surface area is 93.7 Å². The number of methoxy groups -OCH3 is 1. The Hall–Kier alpha value is -2.28. The SMILES string of the molecule is COC1=C(C#N)Cc2ccccc2C(N)=N1. The van der Waals surface area contributed by atoms with E-state index in [-0.39, 0.29) is 0 Å². The molecule has 0 radical (unpaired) electrons. The van der Waals surface area contributed by atoms with Gasteiger partial charge in [0.05, 0.1) is 12.7 Å². The van der Waals surface area contributed by atoms with E-state index >= 15 is 0 Å². The molecule has 1 aliphatic rings. The fraction of sp³-hybridized carbons (Fsp3) is 0.167. The minimum Gasteiger partial charge on any atom is -0.480 e. The first-order valence-electron chi connectivity index (χ1n) is 4.86. The van der Waals surface area contributed by atoms with Crippen LogP contribution in [0.15, 0.2) is 40.7 Å². The molecular weight excluding hydrogens is 202 g/mol. The van der Waals surface area contributed by atoms with Crippen LogP contribution in [0.25, 0.3) is 0 Å². The molecule has 0 amide bonds. The molecular formula is C12H11N3O. The summed E-state index contributed by atoms with van der Waals surface area (Å²) in [5, 5.41) is 9.03. The van der Waals surface area contributed by atoms with E-state index < -0.39 is 0 Å². The van der Waals surface area contributed by atoms with Gasteiger partial charge in [0.1, 0.15) is 11.9 Å². The van der Waals surface area contributed by atoms with E-state index in [9.17, 15) is 0 Å². The van der Waals surface area contributed by atoms with E-state index in [1.807, 2.05) is 24.3 Å². The van der Waals surface area contributed by atoms with Crippen molar-refractivity contribution in [3.8, 4) is 6.07 Å². The number of nitrogens with two attached hydrogens (primary N) is 1. The lowest BCUT2D eigenvalue weighted by molar-refractivity contribution is 0.285. The second-order valence-electron chi connectivity index (χ2n) is 3.43. The van der Waals surface area contributed by atoms with Gasteiger partial charge in [-0.25, -0.2) is 0 Å². The van der Waals surface area contributed by atoms with Crippen molar-refractivity contribution in [3.05, 3.63) is 46.8 Å². The number of hydrogen-bond acceptors (Lipinski definition) is 4. The van der Waals surface area contributed by atoms with Crippen LogP contribution >= 0.6 is 0 Å². The Morgan fingerprint density at radius 1 is 1.44 bits per heavy atom. The smallest absolute Gasteiger partial charge is 0.229 e. The predicted octanol–water partition coefficient (Wildman–Crippen LogP) is 1.33. The summed E-state index contributed by atoms with van der Waals surface area (Å²) in [5.41, 5.74) is 8.21. The molecule has 1 aromatic carbocycles. The molecule has 0 aromatic heterocycles. The number of allylic oxidation sites excluding steroid dienone is 1. The third kappa shape index (κ3) is 1.63. The number of nitrogens with zero attached hydrogens (tertiary/aromatic N) is 2. The minimum atomic E-state index is 0.302. The van der Waals surface area contributed by atoms with Crippen molar-refractivity contribution < 1.29 is 4.74 Å². The zero-order valence-electron chi connectivity index (χ0n) is 8.90. The Balaban J connectivity index is 2.60. The van der Waals surface area contributed by atoms with Crippen molar-refractivity contribution in [2.24, 2.45) is 10.7 Å².